The van der Waals surface area contributed by atoms with Crippen LogP contribution in [0.15, 0.2) is 23.8 Å². The van der Waals surface area contributed by atoms with Crippen molar-refractivity contribution >= 4 is 6.08 Å². The van der Waals surface area contributed by atoms with Crippen LogP contribution in [-0.2, 0) is 0 Å². The first-order chi connectivity index (χ1) is 10.8. The van der Waals surface area contributed by atoms with Crippen LogP contribution in [0.2, 0.25) is 0 Å². The summed E-state index contributed by atoms with van der Waals surface area (Å²) in [5, 5.41) is 0. The summed E-state index contributed by atoms with van der Waals surface area (Å²) in [7, 11) is 1.70. The first-order valence-electron chi connectivity index (χ1n) is 7.74. The van der Waals surface area contributed by atoms with Gasteiger partial charge in [-0.25, -0.2) is 0 Å². The van der Waals surface area contributed by atoms with E-state index in [-0.39, 0.29) is 0 Å². The smallest absolute Gasteiger partial charge is 0.127 e. The fourth-order valence-corrected chi connectivity index (χ4v) is 4.13. The second kappa shape index (κ2) is 4.70. The van der Waals surface area contributed by atoms with Crippen LogP contribution < -0.4 is 9.47 Å². The van der Waals surface area contributed by atoms with E-state index in [2.05, 4.69) is 31.7 Å². The van der Waals surface area contributed by atoms with E-state index in [0.717, 1.165) is 50.4 Å². The Hall–Kier alpha value is -1.60. The number of ether oxygens (including phenoxy) is 2. The van der Waals surface area contributed by atoms with E-state index in [9.17, 15) is 0 Å². The number of nitrogens with zero attached hydrogens (tertiary/aromatic N) is 4. The molecule has 5 aliphatic heterocycles. The molecule has 0 saturated carbocycles. The molecule has 5 aliphatic rings. The second-order valence-corrected chi connectivity index (χ2v) is 6.51. The van der Waals surface area contributed by atoms with E-state index in [1.165, 1.54) is 5.57 Å². The minimum atomic E-state index is 0.368. The van der Waals surface area contributed by atoms with Crippen molar-refractivity contribution in [3.8, 4) is 11.5 Å². The summed E-state index contributed by atoms with van der Waals surface area (Å²) in [6.45, 7) is 6.01. The van der Waals surface area contributed by atoms with Crippen LogP contribution in [0, 0.1) is 0 Å². The van der Waals surface area contributed by atoms with Gasteiger partial charge in [-0.2, -0.15) is 0 Å². The van der Waals surface area contributed by atoms with Gasteiger partial charge >= 0.3 is 0 Å². The van der Waals surface area contributed by atoms with Gasteiger partial charge in [0.15, 0.2) is 0 Å². The molecule has 6 rings (SSSR count). The first kappa shape index (κ1) is 12.9. The Morgan fingerprint density at radius 1 is 1.05 bits per heavy atom. The van der Waals surface area contributed by atoms with Crippen molar-refractivity contribution in [3.63, 3.8) is 0 Å². The molecule has 0 radical (unpaired) electrons. The van der Waals surface area contributed by atoms with Gasteiger partial charge in [-0.3, -0.25) is 19.6 Å². The van der Waals surface area contributed by atoms with Gasteiger partial charge in [0.25, 0.3) is 0 Å². The molecule has 0 aromatic heterocycles. The Labute approximate surface area is 130 Å². The molecule has 6 heteroatoms. The molecule has 6 nitrogen and oxygen atoms in total. The summed E-state index contributed by atoms with van der Waals surface area (Å²) >= 11 is 0. The first-order valence-corrected chi connectivity index (χ1v) is 7.74. The molecule has 1 aromatic rings. The van der Waals surface area contributed by atoms with Crippen molar-refractivity contribution in [1.82, 2.24) is 19.6 Å². The lowest BCUT2D eigenvalue weighted by Crippen LogP contribution is -2.76. The Kier molecular flexibility index (Phi) is 2.75. The molecule has 0 spiro atoms. The Morgan fingerprint density at radius 3 is 2.45 bits per heavy atom. The lowest BCUT2D eigenvalue weighted by Gasteiger charge is -2.61. The summed E-state index contributed by atoms with van der Waals surface area (Å²) in [5.74, 6) is 1.83. The Morgan fingerprint density at radius 2 is 1.77 bits per heavy atom. The summed E-state index contributed by atoms with van der Waals surface area (Å²) < 4.78 is 11.3. The Balaban J connectivity index is 1.49. The van der Waals surface area contributed by atoms with Gasteiger partial charge < -0.3 is 9.47 Å². The van der Waals surface area contributed by atoms with Crippen LogP contribution in [-0.4, -0.2) is 72.8 Å². The van der Waals surface area contributed by atoms with Crippen molar-refractivity contribution in [2.75, 3.05) is 47.1 Å². The zero-order valence-electron chi connectivity index (χ0n) is 12.7. The van der Waals surface area contributed by atoms with Gasteiger partial charge in [-0.1, -0.05) is 0 Å². The van der Waals surface area contributed by atoms with Gasteiger partial charge in [-0.05, 0) is 29.8 Å². The van der Waals surface area contributed by atoms with E-state index in [0.29, 0.717) is 12.8 Å². The third kappa shape index (κ3) is 1.88. The SMILES string of the molecule is COc1ccc2c(c1)C=C(C1N3CN4CN(C3)CN1C4)CO2. The predicted molar refractivity (Wildman–Crippen MR) is 81.9 cm³/mol. The molecule has 5 heterocycles. The number of hydrogen-bond acceptors (Lipinski definition) is 6. The normalized spacial score (nSPS) is 38.2. The Bertz CT molecular complexity index is 617. The van der Waals surface area contributed by atoms with Crippen LogP contribution >= 0.6 is 0 Å². The van der Waals surface area contributed by atoms with Gasteiger partial charge in [0.1, 0.15) is 18.1 Å². The highest BCUT2D eigenvalue weighted by Gasteiger charge is 2.45. The third-order valence-corrected chi connectivity index (χ3v) is 4.90. The lowest BCUT2D eigenvalue weighted by molar-refractivity contribution is -0.221. The van der Waals surface area contributed by atoms with Gasteiger partial charge in [-0.15, -0.1) is 0 Å². The number of benzene rings is 1. The monoisotopic (exact) mass is 300 g/mol. The molecule has 4 fully saturated rings. The van der Waals surface area contributed by atoms with Crippen LogP contribution in [0.4, 0.5) is 0 Å². The number of fused-ring (bicyclic) bond motifs is 1. The largest absolute Gasteiger partial charge is 0.497 e. The molecule has 0 N–H and O–H groups in total. The van der Waals surface area contributed by atoms with Crippen molar-refractivity contribution in [2.45, 2.75) is 6.17 Å². The summed E-state index contributed by atoms with van der Waals surface area (Å²) in [6, 6.07) is 6.01. The van der Waals surface area contributed by atoms with E-state index >= 15 is 0 Å². The highest BCUT2D eigenvalue weighted by molar-refractivity contribution is 5.64. The van der Waals surface area contributed by atoms with Crippen molar-refractivity contribution < 1.29 is 9.47 Å². The van der Waals surface area contributed by atoms with Crippen molar-refractivity contribution in [1.29, 1.82) is 0 Å². The second-order valence-electron chi connectivity index (χ2n) is 6.51. The molecule has 0 unspecified atom stereocenters. The molecule has 1 aromatic carbocycles. The minimum absolute atomic E-state index is 0.368. The molecular weight excluding hydrogens is 280 g/mol. The zero-order chi connectivity index (χ0) is 14.7. The maximum Gasteiger partial charge on any atom is 0.127 e. The van der Waals surface area contributed by atoms with E-state index in [1.54, 1.807) is 7.11 Å². The fourth-order valence-electron chi connectivity index (χ4n) is 4.13. The van der Waals surface area contributed by atoms with Crippen molar-refractivity contribution in [2.24, 2.45) is 0 Å². The summed E-state index contributed by atoms with van der Waals surface area (Å²) in [4.78, 5) is 10.0. The number of rotatable bonds is 2. The molecule has 116 valence electrons. The fraction of sp³-hybridized carbons (Fsp3) is 0.500. The van der Waals surface area contributed by atoms with Crippen LogP contribution in [0.1, 0.15) is 5.56 Å². The zero-order valence-corrected chi connectivity index (χ0v) is 12.7. The van der Waals surface area contributed by atoms with E-state index < -0.39 is 0 Å². The lowest BCUT2D eigenvalue weighted by atomic mass is 10.0. The minimum Gasteiger partial charge on any atom is -0.497 e. The highest BCUT2D eigenvalue weighted by Crippen LogP contribution is 2.35. The average Bonchev–Trinajstić information content (AvgIpc) is 2.53. The quantitative estimate of drug-likeness (QED) is 0.804. The predicted octanol–water partition coefficient (Wildman–Crippen LogP) is 0.833. The van der Waals surface area contributed by atoms with Gasteiger partial charge in [0, 0.05) is 5.56 Å². The highest BCUT2D eigenvalue weighted by atomic mass is 16.5. The van der Waals surface area contributed by atoms with E-state index in [4.69, 9.17) is 9.47 Å². The van der Waals surface area contributed by atoms with Crippen LogP contribution in [0.5, 0.6) is 11.5 Å². The van der Waals surface area contributed by atoms with Gasteiger partial charge in [0.05, 0.1) is 46.6 Å². The summed E-state index contributed by atoms with van der Waals surface area (Å²) in [6.07, 6.45) is 2.66. The molecular formula is C16H20N4O2. The summed E-state index contributed by atoms with van der Waals surface area (Å²) in [5.41, 5.74) is 2.47. The van der Waals surface area contributed by atoms with Crippen molar-refractivity contribution in [3.05, 3.63) is 29.3 Å². The molecule has 0 amide bonds. The molecule has 0 atom stereocenters. The molecule has 22 heavy (non-hydrogen) atoms. The van der Waals surface area contributed by atoms with Crippen LogP contribution in [0.25, 0.3) is 6.08 Å². The van der Waals surface area contributed by atoms with Crippen LogP contribution in [0.3, 0.4) is 0 Å². The molecule has 4 bridgehead atoms. The standard InChI is InChI=1S/C16H20N4O2/c1-21-14-2-3-15-12(5-14)4-13(6-22-15)16-19-8-17-7-18(10-19)11-20(16)9-17/h2-5,16H,6-11H2,1H3. The maximum atomic E-state index is 5.99. The maximum absolute atomic E-state index is 5.99. The molecule has 0 aliphatic carbocycles. The van der Waals surface area contributed by atoms with Gasteiger partial charge in [0.2, 0.25) is 0 Å². The number of methoxy groups -OCH3 is 1. The van der Waals surface area contributed by atoms with E-state index in [1.807, 2.05) is 12.1 Å². The average molecular weight is 300 g/mol. The molecule has 4 saturated heterocycles. The third-order valence-electron chi connectivity index (χ3n) is 4.90. The topological polar surface area (TPSA) is 31.4 Å². The number of hydrogen-bond donors (Lipinski definition) is 0.